The molecule has 2 heteroatoms. The third-order valence-corrected chi connectivity index (χ3v) is 1.24. The molecule has 0 spiro atoms. The first kappa shape index (κ1) is 5.63. The molecule has 8 heavy (non-hydrogen) atoms. The van der Waals surface area contributed by atoms with Crippen LogP contribution < -0.4 is 5.73 Å². The highest BCUT2D eigenvalue weighted by Crippen LogP contribution is 2.10. The van der Waals surface area contributed by atoms with Crippen molar-refractivity contribution in [1.82, 2.24) is 0 Å². The van der Waals surface area contributed by atoms with Crippen LogP contribution in [-0.2, 0) is 0 Å². The summed E-state index contributed by atoms with van der Waals surface area (Å²) in [7, 11) is 0. The first-order chi connectivity index (χ1) is 3.79. The summed E-state index contributed by atoms with van der Waals surface area (Å²) in [6.07, 6.45) is 0. The van der Waals surface area contributed by atoms with Gasteiger partial charge in [0.15, 0.2) is 0 Å². The molecule has 1 nitrogen and oxygen atoms in total. The van der Waals surface area contributed by atoms with Crippen LogP contribution >= 0.6 is 15.9 Å². The zero-order valence-corrected chi connectivity index (χ0v) is 5.77. The number of rotatable bonds is 0. The molecule has 0 bridgehead atoms. The van der Waals surface area contributed by atoms with Crippen molar-refractivity contribution >= 4 is 21.6 Å². The van der Waals surface area contributed by atoms with Crippen LogP contribution in [0.1, 0.15) is 0 Å². The molecule has 0 aliphatic carbocycles. The van der Waals surface area contributed by atoms with Gasteiger partial charge in [0, 0.05) is 16.2 Å². The number of hydrogen-bond acceptors (Lipinski definition) is 1. The van der Waals surface area contributed by atoms with Crippen molar-refractivity contribution in [3.8, 4) is 0 Å². The highest BCUT2D eigenvalue weighted by molar-refractivity contribution is 9.10. The second kappa shape index (κ2) is 2.18. The van der Waals surface area contributed by atoms with E-state index in [4.69, 9.17) is 5.73 Å². The number of benzene rings is 1. The molecule has 0 unspecified atom stereocenters. The molecule has 0 heterocycles. The van der Waals surface area contributed by atoms with Crippen LogP contribution in [0.25, 0.3) is 0 Å². The molecule has 0 aliphatic heterocycles. The maximum atomic E-state index is 5.37. The Labute approximate surface area is 56.6 Å². The first-order valence-corrected chi connectivity index (χ1v) is 3.01. The third-order valence-electron chi connectivity index (χ3n) is 0.782. The lowest BCUT2D eigenvalue weighted by atomic mass is 10.3. The molecule has 1 aromatic rings. The van der Waals surface area contributed by atoms with E-state index in [0.717, 1.165) is 4.47 Å². The van der Waals surface area contributed by atoms with Gasteiger partial charge in [0.05, 0.1) is 0 Å². The summed E-state index contributed by atoms with van der Waals surface area (Å²) in [4.78, 5) is 0. The molecule has 0 fully saturated rings. The van der Waals surface area contributed by atoms with Crippen LogP contribution in [0.5, 0.6) is 0 Å². The van der Waals surface area contributed by atoms with E-state index in [0.29, 0.717) is 5.69 Å². The van der Waals surface area contributed by atoms with Gasteiger partial charge in [0.1, 0.15) is 0 Å². The minimum absolute atomic E-state index is 0.666. The Morgan fingerprint density at radius 3 is 2.62 bits per heavy atom. The maximum absolute atomic E-state index is 5.37. The molecule has 0 aliphatic rings. The number of anilines is 1. The van der Waals surface area contributed by atoms with Gasteiger partial charge in [0.25, 0.3) is 0 Å². The monoisotopic (exact) mass is 170 g/mol. The quantitative estimate of drug-likeness (QED) is 0.592. The lowest BCUT2D eigenvalue weighted by molar-refractivity contribution is 1.62. The molecule has 41 valence electrons. The Kier molecular flexibility index (Phi) is 1.53. The lowest BCUT2D eigenvalue weighted by Gasteiger charge is -1.88. The van der Waals surface area contributed by atoms with Crippen LogP contribution in [0, 0.1) is 6.07 Å². The molecule has 0 saturated carbocycles. The second-order valence-electron chi connectivity index (χ2n) is 1.45. The van der Waals surface area contributed by atoms with Crippen LogP contribution in [0.4, 0.5) is 5.69 Å². The smallest absolute Gasteiger partial charge is 0.0406 e. The van der Waals surface area contributed by atoms with E-state index in [1.807, 2.05) is 12.1 Å². The highest BCUT2D eigenvalue weighted by atomic mass is 79.9. The van der Waals surface area contributed by atoms with Gasteiger partial charge in [-0.05, 0) is 12.1 Å². The molecule has 0 amide bonds. The van der Waals surface area contributed by atoms with Crippen molar-refractivity contribution in [3.63, 3.8) is 0 Å². The SMILES string of the molecule is Nc1[c]c(Br)ccc1. The molecule has 1 rings (SSSR count). The fourth-order valence-corrected chi connectivity index (χ4v) is 0.839. The third kappa shape index (κ3) is 1.23. The van der Waals surface area contributed by atoms with Crippen molar-refractivity contribution in [2.45, 2.75) is 0 Å². The summed E-state index contributed by atoms with van der Waals surface area (Å²) < 4.78 is 0.900. The van der Waals surface area contributed by atoms with E-state index in [2.05, 4.69) is 22.0 Å². The van der Waals surface area contributed by atoms with Crippen LogP contribution in [0.3, 0.4) is 0 Å². The van der Waals surface area contributed by atoms with E-state index < -0.39 is 0 Å². The summed E-state index contributed by atoms with van der Waals surface area (Å²) >= 11 is 3.23. The largest absolute Gasteiger partial charge is 0.398 e. The van der Waals surface area contributed by atoms with Crippen molar-refractivity contribution < 1.29 is 0 Å². The topological polar surface area (TPSA) is 26.0 Å². The summed E-state index contributed by atoms with van der Waals surface area (Å²) in [6, 6.07) is 8.42. The second-order valence-corrected chi connectivity index (χ2v) is 2.31. The summed E-state index contributed by atoms with van der Waals surface area (Å²) in [5.74, 6) is 0. The number of hydrogen-bond donors (Lipinski definition) is 1. The van der Waals surface area contributed by atoms with Crippen LogP contribution in [-0.4, -0.2) is 0 Å². The molecular formula is C6H5BrN. The van der Waals surface area contributed by atoms with Gasteiger partial charge in [-0.15, -0.1) is 0 Å². The molecule has 1 radical (unpaired) electrons. The highest BCUT2D eigenvalue weighted by Gasteiger charge is 1.84. The number of nitrogens with two attached hydrogens (primary N) is 1. The van der Waals surface area contributed by atoms with Crippen molar-refractivity contribution in [2.24, 2.45) is 0 Å². The lowest BCUT2D eigenvalue weighted by Crippen LogP contribution is -1.81. The van der Waals surface area contributed by atoms with Gasteiger partial charge >= 0.3 is 0 Å². The zero-order valence-electron chi connectivity index (χ0n) is 4.19. The van der Waals surface area contributed by atoms with Gasteiger partial charge in [-0.1, -0.05) is 22.0 Å². The Bertz CT molecular complexity index is 168. The fraction of sp³-hybridized carbons (Fsp3) is 0. The van der Waals surface area contributed by atoms with Gasteiger partial charge in [-0.3, -0.25) is 0 Å². The number of nitrogen functional groups attached to an aromatic ring is 1. The standard InChI is InChI=1S/C6H5BrN/c7-5-2-1-3-6(8)4-5/h1-3H,8H2. The van der Waals surface area contributed by atoms with E-state index in [9.17, 15) is 0 Å². The van der Waals surface area contributed by atoms with Crippen molar-refractivity contribution in [2.75, 3.05) is 5.73 Å². The fourth-order valence-electron chi connectivity index (χ4n) is 0.457. The van der Waals surface area contributed by atoms with E-state index in [1.165, 1.54) is 0 Å². The number of halogens is 1. The van der Waals surface area contributed by atoms with Gasteiger partial charge in [-0.25, -0.2) is 0 Å². The summed E-state index contributed by atoms with van der Waals surface area (Å²) in [5, 5.41) is 0. The molecule has 0 atom stereocenters. The molecule has 0 aromatic heterocycles. The summed E-state index contributed by atoms with van der Waals surface area (Å²) in [6.45, 7) is 0. The Morgan fingerprint density at radius 2 is 2.25 bits per heavy atom. The first-order valence-electron chi connectivity index (χ1n) is 2.22. The normalized spacial score (nSPS) is 9.12. The van der Waals surface area contributed by atoms with Gasteiger partial charge < -0.3 is 5.73 Å². The van der Waals surface area contributed by atoms with E-state index in [1.54, 1.807) is 6.07 Å². The average molecular weight is 171 g/mol. The Morgan fingerprint density at radius 1 is 1.50 bits per heavy atom. The van der Waals surface area contributed by atoms with Gasteiger partial charge in [-0.2, -0.15) is 0 Å². The molecule has 2 N–H and O–H groups in total. The van der Waals surface area contributed by atoms with Gasteiger partial charge in [0.2, 0.25) is 0 Å². The predicted molar refractivity (Wildman–Crippen MR) is 37.4 cm³/mol. The Balaban J connectivity index is 3.08. The maximum Gasteiger partial charge on any atom is 0.0406 e. The minimum Gasteiger partial charge on any atom is -0.398 e. The predicted octanol–water partition coefficient (Wildman–Crippen LogP) is 1.83. The minimum atomic E-state index is 0.666. The van der Waals surface area contributed by atoms with Crippen molar-refractivity contribution in [3.05, 3.63) is 28.7 Å². The summed E-state index contributed by atoms with van der Waals surface area (Å²) in [5.41, 5.74) is 6.04. The van der Waals surface area contributed by atoms with Crippen LogP contribution in [0.2, 0.25) is 0 Å². The average Bonchev–Trinajstić information content (AvgIpc) is 1.64. The molecular weight excluding hydrogens is 166 g/mol. The Hall–Kier alpha value is -0.500. The van der Waals surface area contributed by atoms with Crippen molar-refractivity contribution in [1.29, 1.82) is 0 Å². The van der Waals surface area contributed by atoms with E-state index in [-0.39, 0.29) is 0 Å². The molecule has 1 aromatic carbocycles. The zero-order chi connectivity index (χ0) is 5.98. The van der Waals surface area contributed by atoms with Crippen LogP contribution in [0.15, 0.2) is 22.7 Å². The van der Waals surface area contributed by atoms with E-state index >= 15 is 0 Å². The molecule has 0 saturated heterocycles.